The molecule has 1 atom stereocenters. The zero-order valence-corrected chi connectivity index (χ0v) is 21.6. The molecule has 0 radical (unpaired) electrons. The number of thiazole rings is 1. The number of hydroxylamine groups is 1. The molecule has 2 aromatic carbocycles. The summed E-state index contributed by atoms with van der Waals surface area (Å²) >= 11 is 1.23. The zero-order chi connectivity index (χ0) is 24.9. The van der Waals surface area contributed by atoms with E-state index in [1.807, 2.05) is 16.4 Å². The lowest BCUT2D eigenvalue weighted by Gasteiger charge is -2.33. The van der Waals surface area contributed by atoms with Crippen LogP contribution < -0.4 is 15.7 Å². The number of piperazine rings is 2. The molecule has 2 fully saturated rings. The van der Waals surface area contributed by atoms with Gasteiger partial charge in [0.1, 0.15) is 15.9 Å². The van der Waals surface area contributed by atoms with Crippen LogP contribution in [0.25, 0.3) is 11.1 Å². The van der Waals surface area contributed by atoms with Crippen molar-refractivity contribution in [3.63, 3.8) is 0 Å². The molecule has 1 aromatic heterocycles. The number of anilines is 1. The standard InChI is InChI=1S/C25H30N6O3S2/c32-24(28-33)23-17-27-25(35-23)30-12-14-31(15-13-30)36(34)22-6-4-20(5-7-22)21-3-1-2-19(16-21)18-29-10-8-26-9-11-29/h1-7,16-17,26,33H,8-15,18H2,(H,28,32). The van der Waals surface area contributed by atoms with Crippen LogP contribution in [0.1, 0.15) is 15.2 Å². The number of benzene rings is 2. The van der Waals surface area contributed by atoms with Crippen molar-refractivity contribution in [2.45, 2.75) is 11.4 Å². The number of amides is 1. The predicted octanol–water partition coefficient (Wildman–Crippen LogP) is 2.18. The minimum atomic E-state index is -1.24. The molecule has 0 aliphatic carbocycles. The van der Waals surface area contributed by atoms with Gasteiger partial charge in [0.05, 0.1) is 11.1 Å². The van der Waals surface area contributed by atoms with E-state index in [4.69, 9.17) is 5.21 Å². The van der Waals surface area contributed by atoms with Gasteiger partial charge in [0.2, 0.25) is 0 Å². The first kappa shape index (κ1) is 25.0. The van der Waals surface area contributed by atoms with Crippen molar-refractivity contribution in [1.29, 1.82) is 0 Å². The van der Waals surface area contributed by atoms with Gasteiger partial charge in [-0.15, -0.1) is 0 Å². The Kier molecular flexibility index (Phi) is 8.05. The van der Waals surface area contributed by atoms with Gasteiger partial charge < -0.3 is 10.2 Å². The van der Waals surface area contributed by atoms with Crippen molar-refractivity contribution in [1.82, 2.24) is 25.0 Å². The maximum Gasteiger partial charge on any atom is 0.286 e. The fourth-order valence-corrected chi connectivity index (χ4v) is 6.53. The first-order valence-corrected chi connectivity index (χ1v) is 14.0. The number of carbonyl (C=O) groups is 1. The smallest absolute Gasteiger partial charge is 0.286 e. The monoisotopic (exact) mass is 526 g/mol. The number of hydrogen-bond donors (Lipinski definition) is 3. The van der Waals surface area contributed by atoms with Crippen LogP contribution in [0.3, 0.4) is 0 Å². The van der Waals surface area contributed by atoms with Crippen molar-refractivity contribution in [3.8, 4) is 11.1 Å². The highest BCUT2D eigenvalue weighted by Crippen LogP contribution is 2.26. The molecule has 2 saturated heterocycles. The average Bonchev–Trinajstić information content (AvgIpc) is 3.44. The third-order valence-electron chi connectivity index (χ3n) is 6.49. The highest BCUT2D eigenvalue weighted by atomic mass is 32.2. The number of rotatable bonds is 7. The maximum absolute atomic E-state index is 13.2. The summed E-state index contributed by atoms with van der Waals surface area (Å²) < 4.78 is 15.2. The topological polar surface area (TPSA) is 101 Å². The Morgan fingerprint density at radius 1 is 1.03 bits per heavy atom. The number of carbonyl (C=O) groups excluding carboxylic acids is 1. The molecule has 1 amide bonds. The third kappa shape index (κ3) is 5.83. The normalized spacial score (nSPS) is 18.2. The molecule has 2 aliphatic rings. The van der Waals surface area contributed by atoms with E-state index < -0.39 is 16.9 Å². The summed E-state index contributed by atoms with van der Waals surface area (Å²) in [6, 6.07) is 16.7. The summed E-state index contributed by atoms with van der Waals surface area (Å²) in [6.07, 6.45) is 1.46. The minimum absolute atomic E-state index is 0.355. The van der Waals surface area contributed by atoms with Crippen LogP contribution in [-0.2, 0) is 17.5 Å². The van der Waals surface area contributed by atoms with E-state index in [2.05, 4.69) is 56.5 Å². The zero-order valence-electron chi connectivity index (χ0n) is 19.9. The Morgan fingerprint density at radius 3 is 2.50 bits per heavy atom. The molecule has 9 nitrogen and oxygen atoms in total. The van der Waals surface area contributed by atoms with E-state index in [9.17, 15) is 9.00 Å². The summed E-state index contributed by atoms with van der Waals surface area (Å²) in [5, 5.41) is 12.9. The molecule has 3 heterocycles. The molecule has 190 valence electrons. The van der Waals surface area contributed by atoms with Gasteiger partial charge in [0.25, 0.3) is 5.91 Å². The number of hydrogen-bond acceptors (Lipinski definition) is 8. The Balaban J connectivity index is 1.18. The summed E-state index contributed by atoms with van der Waals surface area (Å²) in [5.41, 5.74) is 5.23. The van der Waals surface area contributed by atoms with Crippen LogP contribution in [0.5, 0.6) is 0 Å². The van der Waals surface area contributed by atoms with E-state index in [0.717, 1.165) is 48.3 Å². The van der Waals surface area contributed by atoms with Crippen LogP contribution in [0.15, 0.2) is 59.6 Å². The predicted molar refractivity (Wildman–Crippen MR) is 142 cm³/mol. The van der Waals surface area contributed by atoms with Crippen molar-refractivity contribution < 1.29 is 14.2 Å². The summed E-state index contributed by atoms with van der Waals surface area (Å²) in [4.78, 5) is 21.5. The lowest BCUT2D eigenvalue weighted by molar-refractivity contribution is 0.0710. The molecule has 5 rings (SSSR count). The van der Waals surface area contributed by atoms with E-state index in [1.165, 1.54) is 28.7 Å². The van der Waals surface area contributed by atoms with Crippen LogP contribution in [0.2, 0.25) is 0 Å². The molecule has 36 heavy (non-hydrogen) atoms. The van der Waals surface area contributed by atoms with Crippen molar-refractivity contribution in [3.05, 3.63) is 65.2 Å². The summed E-state index contributed by atoms with van der Waals surface area (Å²) in [6.45, 7) is 7.78. The number of aromatic nitrogens is 1. The lowest BCUT2D eigenvalue weighted by Crippen LogP contribution is -2.46. The van der Waals surface area contributed by atoms with Gasteiger partial charge in [-0.05, 0) is 34.9 Å². The molecule has 2 aliphatic heterocycles. The van der Waals surface area contributed by atoms with Crippen molar-refractivity contribution in [2.75, 3.05) is 57.3 Å². The van der Waals surface area contributed by atoms with Gasteiger partial charge in [0.15, 0.2) is 5.13 Å². The Bertz CT molecular complexity index is 1200. The second-order valence-electron chi connectivity index (χ2n) is 8.86. The molecular weight excluding hydrogens is 496 g/mol. The molecule has 0 spiro atoms. The third-order valence-corrected chi connectivity index (χ3v) is 9.06. The molecule has 0 saturated carbocycles. The first-order chi connectivity index (χ1) is 17.6. The molecule has 11 heteroatoms. The lowest BCUT2D eigenvalue weighted by atomic mass is 10.0. The van der Waals surface area contributed by atoms with Crippen molar-refractivity contribution >= 4 is 33.4 Å². The largest absolute Gasteiger partial charge is 0.345 e. The van der Waals surface area contributed by atoms with E-state index in [0.29, 0.717) is 31.1 Å². The van der Waals surface area contributed by atoms with Gasteiger partial charge in [-0.3, -0.25) is 14.9 Å². The first-order valence-electron chi connectivity index (χ1n) is 12.1. The summed E-state index contributed by atoms with van der Waals surface area (Å²) in [7, 11) is -1.24. The maximum atomic E-state index is 13.2. The second-order valence-corrected chi connectivity index (χ2v) is 11.4. The SMILES string of the molecule is O=C(NO)c1cnc(N2CCN(S(=O)c3ccc(-c4cccc(CN5CCNCC5)c4)cc3)CC2)s1. The van der Waals surface area contributed by atoms with Crippen LogP contribution in [-0.4, -0.2) is 81.9 Å². The van der Waals surface area contributed by atoms with Crippen LogP contribution >= 0.6 is 11.3 Å². The van der Waals surface area contributed by atoms with Crippen molar-refractivity contribution in [2.24, 2.45) is 0 Å². The molecule has 0 bridgehead atoms. The Hall–Kier alpha value is -2.67. The fourth-order valence-electron chi connectivity index (χ4n) is 4.51. The van der Waals surface area contributed by atoms with E-state index in [1.54, 1.807) is 5.48 Å². The van der Waals surface area contributed by atoms with Gasteiger partial charge in [-0.2, -0.15) is 0 Å². The van der Waals surface area contributed by atoms with Gasteiger partial charge in [-0.25, -0.2) is 19.0 Å². The highest BCUT2D eigenvalue weighted by molar-refractivity contribution is 7.82. The van der Waals surface area contributed by atoms with E-state index >= 15 is 0 Å². The average molecular weight is 527 g/mol. The minimum Gasteiger partial charge on any atom is -0.345 e. The van der Waals surface area contributed by atoms with Gasteiger partial charge in [-0.1, -0.05) is 41.7 Å². The Morgan fingerprint density at radius 2 is 1.78 bits per heavy atom. The fraction of sp³-hybridized carbons (Fsp3) is 0.360. The number of nitrogens with zero attached hydrogens (tertiary/aromatic N) is 4. The molecule has 3 N–H and O–H groups in total. The molecule has 1 unspecified atom stereocenters. The van der Waals surface area contributed by atoms with Gasteiger partial charge >= 0.3 is 0 Å². The quantitative estimate of drug-likeness (QED) is 0.321. The summed E-state index contributed by atoms with van der Waals surface area (Å²) in [5.74, 6) is -0.562. The van der Waals surface area contributed by atoms with Crippen LogP contribution in [0, 0.1) is 0 Å². The number of nitrogens with one attached hydrogen (secondary N) is 2. The second kappa shape index (κ2) is 11.6. The van der Waals surface area contributed by atoms with Gasteiger partial charge in [0, 0.05) is 58.9 Å². The van der Waals surface area contributed by atoms with E-state index in [-0.39, 0.29) is 0 Å². The molecule has 3 aromatic rings. The Labute approximate surface area is 217 Å². The molecular formula is C25H30N6O3S2. The highest BCUT2D eigenvalue weighted by Gasteiger charge is 2.24. The van der Waals surface area contributed by atoms with Crippen LogP contribution in [0.4, 0.5) is 5.13 Å².